The molecule has 136 valence electrons. The van der Waals surface area contributed by atoms with Gasteiger partial charge in [0.1, 0.15) is 23.7 Å². The van der Waals surface area contributed by atoms with Gasteiger partial charge in [0.15, 0.2) is 0 Å². The van der Waals surface area contributed by atoms with E-state index in [1.165, 1.54) is 18.2 Å². The third-order valence-electron chi connectivity index (χ3n) is 3.64. The predicted octanol–water partition coefficient (Wildman–Crippen LogP) is 4.69. The number of urea groups is 1. The lowest BCUT2D eigenvalue weighted by atomic mass is 10.1. The van der Waals surface area contributed by atoms with Crippen LogP contribution in [0.4, 0.5) is 21.9 Å². The van der Waals surface area contributed by atoms with E-state index in [0.29, 0.717) is 0 Å². The standard InChI is InChI=1S/C18H20N4O4/c1-11-5-4-6-12(2)17(11)26-10-13(3)19-18(23)20-14-7-15(21-24)9-16(8-14)22-25/h4-9,13H,10H2,1-3H3,(H2,19,20,23). The van der Waals surface area contributed by atoms with Crippen molar-refractivity contribution in [2.24, 2.45) is 10.4 Å². The average molecular weight is 356 g/mol. The van der Waals surface area contributed by atoms with Crippen LogP contribution in [0.3, 0.4) is 0 Å². The Bertz CT molecular complexity index is 776. The van der Waals surface area contributed by atoms with E-state index in [1.54, 1.807) is 6.92 Å². The smallest absolute Gasteiger partial charge is 0.319 e. The van der Waals surface area contributed by atoms with E-state index in [1.807, 2.05) is 32.0 Å². The van der Waals surface area contributed by atoms with E-state index >= 15 is 0 Å². The van der Waals surface area contributed by atoms with Gasteiger partial charge >= 0.3 is 6.03 Å². The highest BCUT2D eigenvalue weighted by atomic mass is 16.5. The fourth-order valence-corrected chi connectivity index (χ4v) is 2.44. The first kappa shape index (κ1) is 19.0. The summed E-state index contributed by atoms with van der Waals surface area (Å²) in [6.45, 7) is 6.00. The van der Waals surface area contributed by atoms with Crippen LogP contribution in [0.2, 0.25) is 0 Å². The Hall–Kier alpha value is -3.29. The SMILES string of the molecule is Cc1cccc(C)c1OCC(C)NC(=O)Nc1cc(N=O)cc(N=O)c1. The van der Waals surface area contributed by atoms with Gasteiger partial charge in [0.2, 0.25) is 0 Å². The van der Waals surface area contributed by atoms with Crippen molar-refractivity contribution in [2.75, 3.05) is 11.9 Å². The second-order valence-electron chi connectivity index (χ2n) is 5.95. The second-order valence-corrected chi connectivity index (χ2v) is 5.95. The molecule has 0 aromatic heterocycles. The van der Waals surface area contributed by atoms with Crippen LogP contribution in [0.25, 0.3) is 0 Å². The quantitative estimate of drug-likeness (QED) is 0.701. The Labute approximate surface area is 150 Å². The molecule has 0 saturated carbocycles. The first-order valence-electron chi connectivity index (χ1n) is 8.01. The number of amides is 2. The van der Waals surface area contributed by atoms with Gasteiger partial charge in [-0.3, -0.25) is 0 Å². The molecule has 8 nitrogen and oxygen atoms in total. The van der Waals surface area contributed by atoms with E-state index in [-0.39, 0.29) is 29.7 Å². The molecule has 2 aromatic carbocycles. The fourth-order valence-electron chi connectivity index (χ4n) is 2.44. The van der Waals surface area contributed by atoms with Crippen molar-refractivity contribution < 1.29 is 9.53 Å². The normalized spacial score (nSPS) is 11.3. The van der Waals surface area contributed by atoms with Crippen molar-refractivity contribution in [3.8, 4) is 5.75 Å². The molecule has 0 aliphatic rings. The lowest BCUT2D eigenvalue weighted by molar-refractivity contribution is 0.236. The van der Waals surface area contributed by atoms with Crippen LogP contribution in [0.1, 0.15) is 18.1 Å². The third-order valence-corrected chi connectivity index (χ3v) is 3.64. The third kappa shape index (κ3) is 5.10. The Balaban J connectivity index is 1.93. The van der Waals surface area contributed by atoms with Gasteiger partial charge in [-0.05, 0) is 60.5 Å². The molecule has 2 aromatic rings. The van der Waals surface area contributed by atoms with Crippen molar-refractivity contribution in [1.82, 2.24) is 5.32 Å². The number of carbonyl (C=O) groups is 1. The van der Waals surface area contributed by atoms with Crippen LogP contribution in [0, 0.1) is 23.7 Å². The number of anilines is 1. The van der Waals surface area contributed by atoms with E-state index in [9.17, 15) is 14.6 Å². The molecule has 2 amide bonds. The highest BCUT2D eigenvalue weighted by Gasteiger charge is 2.11. The predicted molar refractivity (Wildman–Crippen MR) is 100 cm³/mol. The molecule has 0 saturated heterocycles. The zero-order valence-corrected chi connectivity index (χ0v) is 14.8. The number of hydrogen-bond donors (Lipinski definition) is 2. The summed E-state index contributed by atoms with van der Waals surface area (Å²) in [6, 6.07) is 9.02. The number of nitroso groups, excluding NO2 is 2. The number of benzene rings is 2. The van der Waals surface area contributed by atoms with Crippen LogP contribution >= 0.6 is 0 Å². The molecule has 2 rings (SSSR count). The van der Waals surface area contributed by atoms with Crippen LogP contribution in [-0.4, -0.2) is 18.7 Å². The van der Waals surface area contributed by atoms with Crippen LogP contribution in [0.5, 0.6) is 5.75 Å². The summed E-state index contributed by atoms with van der Waals surface area (Å²) < 4.78 is 5.80. The number of nitrogens with zero attached hydrogens (tertiary/aromatic N) is 2. The summed E-state index contributed by atoms with van der Waals surface area (Å²) in [7, 11) is 0. The van der Waals surface area contributed by atoms with Crippen molar-refractivity contribution in [1.29, 1.82) is 0 Å². The summed E-state index contributed by atoms with van der Waals surface area (Å²) in [5.41, 5.74) is 2.30. The van der Waals surface area contributed by atoms with E-state index in [2.05, 4.69) is 21.0 Å². The van der Waals surface area contributed by atoms with Crippen LogP contribution < -0.4 is 15.4 Å². The molecule has 8 heteroatoms. The van der Waals surface area contributed by atoms with Gasteiger partial charge in [-0.2, -0.15) is 0 Å². The van der Waals surface area contributed by atoms with E-state index < -0.39 is 6.03 Å². The maximum atomic E-state index is 12.1. The molecule has 0 fully saturated rings. The Morgan fingerprint density at radius 3 is 2.19 bits per heavy atom. The zero-order chi connectivity index (χ0) is 19.1. The summed E-state index contributed by atoms with van der Waals surface area (Å²) >= 11 is 0. The molecule has 0 aliphatic carbocycles. The number of hydrogen-bond acceptors (Lipinski definition) is 6. The monoisotopic (exact) mass is 356 g/mol. The number of rotatable bonds is 7. The zero-order valence-electron chi connectivity index (χ0n) is 14.8. The highest BCUT2D eigenvalue weighted by Crippen LogP contribution is 2.26. The molecular weight excluding hydrogens is 336 g/mol. The molecule has 1 unspecified atom stereocenters. The van der Waals surface area contributed by atoms with Gasteiger partial charge in [0.05, 0.1) is 6.04 Å². The average Bonchev–Trinajstić information content (AvgIpc) is 2.60. The van der Waals surface area contributed by atoms with E-state index in [0.717, 1.165) is 16.9 Å². The van der Waals surface area contributed by atoms with Crippen LogP contribution in [-0.2, 0) is 0 Å². The minimum Gasteiger partial charge on any atom is -0.491 e. The summed E-state index contributed by atoms with van der Waals surface area (Å²) in [6.07, 6.45) is 0. The lowest BCUT2D eigenvalue weighted by Gasteiger charge is -2.18. The first-order chi connectivity index (χ1) is 12.4. The maximum Gasteiger partial charge on any atom is 0.319 e. The Kier molecular flexibility index (Phi) is 6.37. The molecule has 0 radical (unpaired) electrons. The Morgan fingerprint density at radius 1 is 1.08 bits per heavy atom. The fraction of sp³-hybridized carbons (Fsp3) is 0.278. The topological polar surface area (TPSA) is 109 Å². The first-order valence-corrected chi connectivity index (χ1v) is 8.01. The van der Waals surface area contributed by atoms with Gasteiger partial charge in [0, 0.05) is 5.69 Å². The maximum absolute atomic E-state index is 12.1. The highest BCUT2D eigenvalue weighted by molar-refractivity contribution is 5.90. The largest absolute Gasteiger partial charge is 0.491 e. The molecule has 0 aliphatic heterocycles. The number of aryl methyl sites for hydroxylation is 2. The van der Waals surface area contributed by atoms with Crippen molar-refractivity contribution in [3.05, 3.63) is 57.3 Å². The van der Waals surface area contributed by atoms with E-state index in [4.69, 9.17) is 4.74 Å². The van der Waals surface area contributed by atoms with Crippen molar-refractivity contribution >= 4 is 23.1 Å². The molecule has 0 bridgehead atoms. The van der Waals surface area contributed by atoms with Crippen molar-refractivity contribution in [2.45, 2.75) is 26.8 Å². The van der Waals surface area contributed by atoms with Gasteiger partial charge in [0.25, 0.3) is 0 Å². The second kappa shape index (κ2) is 8.70. The van der Waals surface area contributed by atoms with Crippen LogP contribution in [0.15, 0.2) is 46.8 Å². The van der Waals surface area contributed by atoms with Gasteiger partial charge in [-0.15, -0.1) is 9.81 Å². The lowest BCUT2D eigenvalue weighted by Crippen LogP contribution is -2.39. The minimum atomic E-state index is -0.498. The molecule has 2 N–H and O–H groups in total. The molecule has 0 spiro atoms. The summed E-state index contributed by atoms with van der Waals surface area (Å²) in [4.78, 5) is 33.3. The number of ether oxygens (including phenoxy) is 1. The summed E-state index contributed by atoms with van der Waals surface area (Å²) in [5.74, 6) is 0.799. The number of nitrogens with one attached hydrogen (secondary N) is 2. The number of para-hydroxylation sites is 1. The molecule has 26 heavy (non-hydrogen) atoms. The van der Waals surface area contributed by atoms with Gasteiger partial charge in [-0.25, -0.2) is 4.79 Å². The van der Waals surface area contributed by atoms with Gasteiger partial charge < -0.3 is 15.4 Å². The van der Waals surface area contributed by atoms with Crippen molar-refractivity contribution in [3.63, 3.8) is 0 Å². The Morgan fingerprint density at radius 2 is 1.65 bits per heavy atom. The number of carbonyl (C=O) groups excluding carboxylic acids is 1. The summed E-state index contributed by atoms with van der Waals surface area (Å²) in [5, 5.41) is 10.8. The molecule has 1 atom stereocenters. The minimum absolute atomic E-state index is 0.00353. The van der Waals surface area contributed by atoms with Gasteiger partial charge in [-0.1, -0.05) is 18.2 Å². The molecule has 0 heterocycles. The molecular formula is C18H20N4O4.